The van der Waals surface area contributed by atoms with Crippen LogP contribution in [-0.4, -0.2) is 9.97 Å². The van der Waals surface area contributed by atoms with Gasteiger partial charge in [0.05, 0.1) is 16.7 Å². The highest BCUT2D eigenvalue weighted by Gasteiger charge is 2.03. The molecule has 1 aromatic heterocycles. The molecular weight excluding hydrogens is 244 g/mol. The number of nitrogens with zero attached hydrogens (tertiary/aromatic N) is 2. The van der Waals surface area contributed by atoms with Crippen molar-refractivity contribution < 1.29 is 0 Å². The minimum atomic E-state index is 0.574. The van der Waals surface area contributed by atoms with E-state index in [0.717, 1.165) is 23.1 Å². The summed E-state index contributed by atoms with van der Waals surface area (Å²) in [4.78, 5) is 9.13. The Morgan fingerprint density at radius 1 is 0.900 bits per heavy atom. The van der Waals surface area contributed by atoms with Gasteiger partial charge in [0.25, 0.3) is 0 Å². The summed E-state index contributed by atoms with van der Waals surface area (Å²) in [6, 6.07) is 16.8. The van der Waals surface area contributed by atoms with Crippen LogP contribution in [-0.2, 0) is 6.42 Å². The predicted octanol–water partition coefficient (Wildman–Crippen LogP) is 4.34. The molecule has 0 atom stereocenters. The van der Waals surface area contributed by atoms with Crippen molar-refractivity contribution in [1.29, 1.82) is 0 Å². The van der Waals surface area contributed by atoms with Crippen LogP contribution in [0.25, 0.3) is 11.0 Å². The summed E-state index contributed by atoms with van der Waals surface area (Å²) in [5.74, 6) is 0.574. The van der Waals surface area contributed by atoms with Gasteiger partial charge in [0, 0.05) is 12.6 Å². The number of hydrogen-bond acceptors (Lipinski definition) is 2. The van der Waals surface area contributed by atoms with E-state index in [1.165, 1.54) is 11.1 Å². The van der Waals surface area contributed by atoms with Crippen LogP contribution in [0.5, 0.6) is 0 Å². The third-order valence-corrected chi connectivity index (χ3v) is 3.53. The summed E-state index contributed by atoms with van der Waals surface area (Å²) in [5.41, 5.74) is 5.58. The number of rotatable bonds is 3. The van der Waals surface area contributed by atoms with Gasteiger partial charge in [-0.2, -0.15) is 0 Å². The molecule has 0 amide bonds. The molecule has 100 valence electrons. The SMILES string of the molecule is CC(C)c1ccc(Cc2cnc3ccccc3n2)cc1. The molecule has 0 saturated heterocycles. The van der Waals surface area contributed by atoms with Crippen LogP contribution in [0, 0.1) is 0 Å². The number of hydrogen-bond donors (Lipinski definition) is 0. The van der Waals surface area contributed by atoms with Crippen LogP contribution in [0.15, 0.2) is 54.7 Å². The maximum atomic E-state index is 4.67. The summed E-state index contributed by atoms with van der Waals surface area (Å²) in [6.45, 7) is 4.42. The second-order valence-corrected chi connectivity index (χ2v) is 5.42. The van der Waals surface area contributed by atoms with Gasteiger partial charge in [0.2, 0.25) is 0 Å². The molecule has 0 unspecified atom stereocenters. The summed E-state index contributed by atoms with van der Waals surface area (Å²) in [5, 5.41) is 0. The van der Waals surface area contributed by atoms with Crippen LogP contribution < -0.4 is 0 Å². The van der Waals surface area contributed by atoms with Gasteiger partial charge in [0.15, 0.2) is 0 Å². The Labute approximate surface area is 119 Å². The molecule has 3 aromatic rings. The first-order valence-corrected chi connectivity index (χ1v) is 7.02. The Bertz CT molecular complexity index is 715. The average molecular weight is 262 g/mol. The predicted molar refractivity (Wildman–Crippen MR) is 82.9 cm³/mol. The van der Waals surface area contributed by atoms with E-state index in [1.54, 1.807) is 0 Å². The third kappa shape index (κ3) is 2.69. The second-order valence-electron chi connectivity index (χ2n) is 5.42. The molecule has 2 nitrogen and oxygen atoms in total. The lowest BCUT2D eigenvalue weighted by Gasteiger charge is -2.07. The van der Waals surface area contributed by atoms with Gasteiger partial charge in [-0.15, -0.1) is 0 Å². The Hall–Kier alpha value is -2.22. The number of para-hydroxylation sites is 2. The van der Waals surface area contributed by atoms with Crippen LogP contribution in [0.2, 0.25) is 0 Å². The Kier molecular flexibility index (Phi) is 3.46. The van der Waals surface area contributed by atoms with Crippen molar-refractivity contribution in [3.8, 4) is 0 Å². The minimum Gasteiger partial charge on any atom is -0.253 e. The van der Waals surface area contributed by atoms with E-state index in [2.05, 4.69) is 48.1 Å². The van der Waals surface area contributed by atoms with Gasteiger partial charge in [-0.25, -0.2) is 4.98 Å². The number of fused-ring (bicyclic) bond motifs is 1. The zero-order valence-electron chi connectivity index (χ0n) is 11.9. The lowest BCUT2D eigenvalue weighted by molar-refractivity contribution is 0.865. The van der Waals surface area contributed by atoms with Crippen LogP contribution in [0.1, 0.15) is 36.6 Å². The molecule has 0 saturated carbocycles. The molecule has 2 aromatic carbocycles. The molecule has 3 rings (SSSR count). The normalized spacial score (nSPS) is 11.2. The van der Waals surface area contributed by atoms with Crippen molar-refractivity contribution in [1.82, 2.24) is 9.97 Å². The molecule has 0 aliphatic heterocycles. The fourth-order valence-corrected chi connectivity index (χ4v) is 2.31. The van der Waals surface area contributed by atoms with Crippen LogP contribution in [0.3, 0.4) is 0 Å². The molecule has 0 bridgehead atoms. The van der Waals surface area contributed by atoms with E-state index in [4.69, 9.17) is 0 Å². The molecule has 1 heterocycles. The first-order valence-electron chi connectivity index (χ1n) is 7.02. The largest absolute Gasteiger partial charge is 0.253 e. The van der Waals surface area contributed by atoms with E-state index in [9.17, 15) is 0 Å². The Morgan fingerprint density at radius 3 is 2.30 bits per heavy atom. The lowest BCUT2D eigenvalue weighted by Crippen LogP contribution is -1.95. The molecule has 0 radical (unpaired) electrons. The van der Waals surface area contributed by atoms with Gasteiger partial charge in [0.1, 0.15) is 0 Å². The molecule has 0 N–H and O–H groups in total. The first-order chi connectivity index (χ1) is 9.72. The molecule has 2 heteroatoms. The Morgan fingerprint density at radius 2 is 1.60 bits per heavy atom. The van der Waals surface area contributed by atoms with Crippen molar-refractivity contribution in [2.45, 2.75) is 26.2 Å². The smallest absolute Gasteiger partial charge is 0.0890 e. The van der Waals surface area contributed by atoms with E-state index < -0.39 is 0 Å². The quantitative estimate of drug-likeness (QED) is 0.701. The van der Waals surface area contributed by atoms with Gasteiger partial charge in [-0.1, -0.05) is 50.2 Å². The average Bonchev–Trinajstić information content (AvgIpc) is 2.48. The summed E-state index contributed by atoms with van der Waals surface area (Å²) in [6.07, 6.45) is 2.70. The van der Waals surface area contributed by atoms with Gasteiger partial charge < -0.3 is 0 Å². The molecule has 0 aliphatic carbocycles. The first kappa shape index (κ1) is 12.8. The number of benzene rings is 2. The van der Waals surface area contributed by atoms with E-state index in [0.29, 0.717) is 5.92 Å². The lowest BCUT2D eigenvalue weighted by atomic mass is 10.0. The molecule has 20 heavy (non-hydrogen) atoms. The third-order valence-electron chi connectivity index (χ3n) is 3.53. The van der Waals surface area contributed by atoms with Crippen molar-refractivity contribution in [3.05, 3.63) is 71.5 Å². The van der Waals surface area contributed by atoms with Crippen molar-refractivity contribution in [3.63, 3.8) is 0 Å². The van der Waals surface area contributed by atoms with Crippen LogP contribution >= 0.6 is 0 Å². The minimum absolute atomic E-state index is 0.574. The van der Waals surface area contributed by atoms with E-state index >= 15 is 0 Å². The van der Waals surface area contributed by atoms with Crippen molar-refractivity contribution in [2.75, 3.05) is 0 Å². The summed E-state index contributed by atoms with van der Waals surface area (Å²) >= 11 is 0. The van der Waals surface area contributed by atoms with Crippen molar-refractivity contribution >= 4 is 11.0 Å². The molecular formula is C18H18N2. The van der Waals surface area contributed by atoms with Gasteiger partial charge >= 0.3 is 0 Å². The second kappa shape index (κ2) is 5.41. The highest BCUT2D eigenvalue weighted by atomic mass is 14.8. The summed E-state index contributed by atoms with van der Waals surface area (Å²) in [7, 11) is 0. The monoisotopic (exact) mass is 262 g/mol. The molecule has 0 fully saturated rings. The summed E-state index contributed by atoms with van der Waals surface area (Å²) < 4.78 is 0. The number of aromatic nitrogens is 2. The maximum Gasteiger partial charge on any atom is 0.0890 e. The molecule has 0 spiro atoms. The van der Waals surface area contributed by atoms with E-state index in [1.807, 2.05) is 30.5 Å². The fourth-order valence-electron chi connectivity index (χ4n) is 2.31. The zero-order valence-corrected chi connectivity index (χ0v) is 11.9. The standard InChI is InChI=1S/C18H18N2/c1-13(2)15-9-7-14(8-10-15)11-16-12-19-17-5-3-4-6-18(17)20-16/h3-10,12-13H,11H2,1-2H3. The zero-order chi connectivity index (χ0) is 13.9. The van der Waals surface area contributed by atoms with Gasteiger partial charge in [-0.05, 0) is 29.2 Å². The fraction of sp³-hybridized carbons (Fsp3) is 0.222. The topological polar surface area (TPSA) is 25.8 Å². The van der Waals surface area contributed by atoms with E-state index in [-0.39, 0.29) is 0 Å². The highest BCUT2D eigenvalue weighted by molar-refractivity contribution is 5.73. The van der Waals surface area contributed by atoms with Crippen LogP contribution in [0.4, 0.5) is 0 Å². The molecule has 0 aliphatic rings. The van der Waals surface area contributed by atoms with Crippen molar-refractivity contribution in [2.24, 2.45) is 0 Å². The highest BCUT2D eigenvalue weighted by Crippen LogP contribution is 2.17. The maximum absolute atomic E-state index is 4.67. The van der Waals surface area contributed by atoms with Gasteiger partial charge in [-0.3, -0.25) is 4.98 Å². The Balaban J connectivity index is 1.85.